The minimum Gasteiger partial charge on any atom is -0.303 e. The Bertz CT molecular complexity index is 1130. The number of carbonyl (C=O) groups excluding carboxylic acids is 4. The lowest BCUT2D eigenvalue weighted by Crippen LogP contribution is -2.58. The molecule has 0 aromatic rings. The van der Waals surface area contributed by atoms with E-state index >= 15 is 0 Å². The zero-order valence-corrected chi connectivity index (χ0v) is 29.0. The van der Waals surface area contributed by atoms with Crippen molar-refractivity contribution in [3.63, 3.8) is 0 Å². The van der Waals surface area contributed by atoms with Gasteiger partial charge in [-0.1, -0.05) is 80.4 Å². The highest BCUT2D eigenvalue weighted by Crippen LogP contribution is 2.69. The first kappa shape index (κ1) is 33.5. The number of rotatable bonds is 4. The summed E-state index contributed by atoms with van der Waals surface area (Å²) in [7, 11) is 0. The van der Waals surface area contributed by atoms with Gasteiger partial charge in [-0.3, -0.25) is 9.59 Å². The molecule has 6 aliphatic rings. The minimum absolute atomic E-state index is 0.0363. The molecule has 0 aliphatic heterocycles. The third-order valence-corrected chi connectivity index (χ3v) is 15.5. The topological polar surface area (TPSA) is 68.3 Å². The van der Waals surface area contributed by atoms with Crippen LogP contribution in [0.25, 0.3) is 0 Å². The molecule has 4 saturated carbocycles. The maximum absolute atomic E-state index is 11.8. The monoisotopic (exact) mass is 604 g/mol. The van der Waals surface area contributed by atoms with Crippen molar-refractivity contribution in [1.82, 2.24) is 0 Å². The first-order chi connectivity index (χ1) is 20.6. The average Bonchev–Trinajstić information content (AvgIpc) is 2.94. The predicted molar refractivity (Wildman–Crippen MR) is 177 cm³/mol. The zero-order chi connectivity index (χ0) is 32.3. The molecule has 6 rings (SSSR count). The third-order valence-electron chi connectivity index (χ3n) is 15.5. The summed E-state index contributed by atoms with van der Waals surface area (Å²) in [6.45, 7) is 19.2. The summed E-state index contributed by atoms with van der Waals surface area (Å²) in [5.41, 5.74) is 2.80. The summed E-state index contributed by atoms with van der Waals surface area (Å²) in [6, 6.07) is 0. The molecule has 4 heteroatoms. The fraction of sp³-hybridized carbons (Fsp3) is 0.800. The fourth-order valence-electron chi connectivity index (χ4n) is 13.4. The van der Waals surface area contributed by atoms with Crippen LogP contribution >= 0.6 is 0 Å². The number of aldehydes is 4. The van der Waals surface area contributed by atoms with Crippen molar-refractivity contribution < 1.29 is 19.2 Å². The van der Waals surface area contributed by atoms with Gasteiger partial charge in [0.2, 0.25) is 0 Å². The van der Waals surface area contributed by atoms with Crippen LogP contribution in [0.3, 0.4) is 0 Å². The first-order valence-corrected chi connectivity index (χ1v) is 17.8. The van der Waals surface area contributed by atoms with Gasteiger partial charge in [-0.25, -0.2) is 0 Å². The Morgan fingerprint density at radius 3 is 1.18 bits per heavy atom. The van der Waals surface area contributed by atoms with E-state index in [0.717, 1.165) is 73.8 Å². The van der Waals surface area contributed by atoms with Gasteiger partial charge in [0.05, 0.1) is 0 Å². The standard InChI is InChI=1S/2C20H30O2/c2*1-18(2)9-5-10-20(4)16(18)8-11-19(3)15(13-22)14(12-21)6-7-17(19)20/h2*6,12-13,15-17H,5,7-11H2,1-4H3/t2*15-,16+,17+,19+,20+/m11/s1. The number of hydrogen-bond acceptors (Lipinski definition) is 4. The van der Waals surface area contributed by atoms with Crippen LogP contribution in [0, 0.1) is 68.0 Å². The van der Waals surface area contributed by atoms with Crippen LogP contribution in [0.1, 0.15) is 132 Å². The lowest BCUT2D eigenvalue weighted by Gasteiger charge is -2.64. The average molecular weight is 605 g/mol. The molecular weight excluding hydrogens is 544 g/mol. The van der Waals surface area contributed by atoms with Crippen LogP contribution in [-0.2, 0) is 19.2 Å². The summed E-state index contributed by atoms with van der Waals surface area (Å²) >= 11 is 0. The Balaban J connectivity index is 0.000000175. The largest absolute Gasteiger partial charge is 0.303 e. The van der Waals surface area contributed by atoms with E-state index in [1.807, 2.05) is 0 Å². The smallest absolute Gasteiger partial charge is 0.146 e. The molecule has 0 aromatic carbocycles. The van der Waals surface area contributed by atoms with E-state index < -0.39 is 0 Å². The van der Waals surface area contributed by atoms with Gasteiger partial charge in [-0.05, 0) is 132 Å². The van der Waals surface area contributed by atoms with Gasteiger partial charge in [-0.15, -0.1) is 0 Å². The molecule has 0 heterocycles. The molecule has 0 N–H and O–H groups in total. The highest BCUT2D eigenvalue weighted by molar-refractivity contribution is 5.83. The predicted octanol–water partition coefficient (Wildman–Crippen LogP) is 9.16. The molecule has 4 nitrogen and oxygen atoms in total. The van der Waals surface area contributed by atoms with Gasteiger partial charge < -0.3 is 9.59 Å². The van der Waals surface area contributed by atoms with Crippen LogP contribution in [0.4, 0.5) is 0 Å². The normalized spacial score (nSPS) is 46.9. The van der Waals surface area contributed by atoms with E-state index in [-0.39, 0.29) is 22.7 Å². The molecule has 0 radical (unpaired) electrons. The molecule has 0 saturated heterocycles. The van der Waals surface area contributed by atoms with Gasteiger partial charge in [0, 0.05) is 11.8 Å². The molecule has 0 amide bonds. The third kappa shape index (κ3) is 4.90. The zero-order valence-electron chi connectivity index (χ0n) is 29.0. The van der Waals surface area contributed by atoms with Crippen molar-refractivity contribution in [1.29, 1.82) is 0 Å². The second-order valence-electron chi connectivity index (χ2n) is 18.3. The lowest BCUT2D eigenvalue weighted by atomic mass is 9.40. The van der Waals surface area contributed by atoms with E-state index in [0.29, 0.717) is 33.5 Å². The van der Waals surface area contributed by atoms with Crippen molar-refractivity contribution in [3.8, 4) is 0 Å². The number of hydrogen-bond donors (Lipinski definition) is 0. The maximum atomic E-state index is 11.8. The quantitative estimate of drug-likeness (QED) is 0.300. The Hall–Kier alpha value is -1.84. The van der Waals surface area contributed by atoms with Crippen molar-refractivity contribution >= 4 is 25.1 Å². The first-order valence-electron chi connectivity index (χ1n) is 17.8. The van der Waals surface area contributed by atoms with Gasteiger partial charge in [-0.2, -0.15) is 0 Å². The highest BCUT2D eigenvalue weighted by Gasteiger charge is 2.62. The Kier molecular flexibility index (Phi) is 8.72. The Morgan fingerprint density at radius 2 is 0.864 bits per heavy atom. The van der Waals surface area contributed by atoms with Crippen molar-refractivity contribution in [3.05, 3.63) is 23.3 Å². The summed E-state index contributed by atoms with van der Waals surface area (Å²) in [4.78, 5) is 46.3. The molecule has 244 valence electrons. The fourth-order valence-corrected chi connectivity index (χ4v) is 13.4. The molecular formula is C40H60O4. The summed E-state index contributed by atoms with van der Waals surface area (Å²) in [5.74, 6) is 2.13. The van der Waals surface area contributed by atoms with Crippen molar-refractivity contribution in [2.24, 2.45) is 68.0 Å². The summed E-state index contributed by atoms with van der Waals surface area (Å²) < 4.78 is 0. The molecule has 0 spiro atoms. The SMILES string of the molecule is CC1(C)CCC[C@]2(C)[C@H]3CC=C(C=O)[C@@H](C=O)[C@]3(C)CC[C@@H]12.CC1(C)CCC[C@]2(C)[C@H]3CC=C(C=O)[C@@H](C=O)[C@]3(C)CC[C@@H]12. The van der Waals surface area contributed by atoms with Crippen LogP contribution in [0.15, 0.2) is 23.3 Å². The van der Waals surface area contributed by atoms with E-state index in [9.17, 15) is 19.2 Å². The molecule has 0 unspecified atom stereocenters. The van der Waals surface area contributed by atoms with Crippen LogP contribution in [0.5, 0.6) is 0 Å². The molecule has 10 atom stereocenters. The van der Waals surface area contributed by atoms with E-state index in [1.54, 1.807) is 0 Å². The van der Waals surface area contributed by atoms with E-state index in [4.69, 9.17) is 0 Å². The van der Waals surface area contributed by atoms with E-state index in [2.05, 4.69) is 67.5 Å². The summed E-state index contributed by atoms with van der Waals surface area (Å²) in [5, 5.41) is 0. The Labute approximate surface area is 267 Å². The number of allylic oxidation sites excluding steroid dienone is 4. The second-order valence-corrected chi connectivity index (χ2v) is 18.3. The van der Waals surface area contributed by atoms with E-state index in [1.165, 1.54) is 51.4 Å². The molecule has 0 aromatic heterocycles. The van der Waals surface area contributed by atoms with Gasteiger partial charge in [0.1, 0.15) is 25.1 Å². The van der Waals surface area contributed by atoms with Crippen LogP contribution in [0.2, 0.25) is 0 Å². The van der Waals surface area contributed by atoms with Crippen LogP contribution in [-0.4, -0.2) is 25.1 Å². The van der Waals surface area contributed by atoms with Gasteiger partial charge in [0.25, 0.3) is 0 Å². The number of fused-ring (bicyclic) bond motifs is 6. The number of carbonyl (C=O) groups is 4. The molecule has 4 fully saturated rings. The highest BCUT2D eigenvalue weighted by atomic mass is 16.1. The summed E-state index contributed by atoms with van der Waals surface area (Å²) in [6.07, 6.45) is 22.3. The van der Waals surface area contributed by atoms with Crippen molar-refractivity contribution in [2.75, 3.05) is 0 Å². The Morgan fingerprint density at radius 1 is 0.500 bits per heavy atom. The lowest BCUT2D eigenvalue weighted by molar-refractivity contribution is -0.151. The van der Waals surface area contributed by atoms with Gasteiger partial charge >= 0.3 is 0 Å². The van der Waals surface area contributed by atoms with Gasteiger partial charge in [0.15, 0.2) is 0 Å². The second kappa shape index (κ2) is 11.4. The molecule has 44 heavy (non-hydrogen) atoms. The molecule has 0 bridgehead atoms. The van der Waals surface area contributed by atoms with Crippen LogP contribution < -0.4 is 0 Å². The minimum atomic E-state index is -0.202. The van der Waals surface area contributed by atoms with Crippen molar-refractivity contribution in [2.45, 2.75) is 132 Å². The molecule has 6 aliphatic carbocycles. The maximum Gasteiger partial charge on any atom is 0.146 e.